The summed E-state index contributed by atoms with van der Waals surface area (Å²) in [5.41, 5.74) is 7.56. The molecule has 0 spiro atoms. The van der Waals surface area contributed by atoms with Gasteiger partial charge in [0.05, 0.1) is 5.52 Å². The summed E-state index contributed by atoms with van der Waals surface area (Å²) >= 11 is 0. The average molecular weight is 218 g/mol. The van der Waals surface area contributed by atoms with E-state index in [0.717, 1.165) is 23.4 Å². The van der Waals surface area contributed by atoms with Crippen LogP contribution in [0.2, 0.25) is 0 Å². The van der Waals surface area contributed by atoms with E-state index in [1.807, 2.05) is 12.1 Å². The number of nitrogens with zero attached hydrogens (tertiary/aromatic N) is 2. The van der Waals surface area contributed by atoms with Crippen LogP contribution < -0.4 is 5.73 Å². The first-order valence-corrected chi connectivity index (χ1v) is 5.71. The third-order valence-electron chi connectivity index (χ3n) is 2.70. The van der Waals surface area contributed by atoms with Crippen LogP contribution in [0.25, 0.3) is 11.2 Å². The summed E-state index contributed by atoms with van der Waals surface area (Å²) in [5, 5.41) is 0. The molecule has 16 heavy (non-hydrogen) atoms. The van der Waals surface area contributed by atoms with Crippen molar-refractivity contribution in [3.63, 3.8) is 0 Å². The molecule has 0 amide bonds. The molecular formula is C12H18N4. The van der Waals surface area contributed by atoms with Crippen LogP contribution >= 0.6 is 0 Å². The number of fused-ring (bicyclic) bond motifs is 1. The van der Waals surface area contributed by atoms with Crippen molar-refractivity contribution >= 4 is 11.2 Å². The predicted molar refractivity (Wildman–Crippen MR) is 65.1 cm³/mol. The average Bonchev–Trinajstić information content (AvgIpc) is 2.68. The second-order valence-electron chi connectivity index (χ2n) is 4.56. The van der Waals surface area contributed by atoms with Crippen LogP contribution in [0.1, 0.15) is 32.0 Å². The summed E-state index contributed by atoms with van der Waals surface area (Å²) in [6.45, 7) is 5.02. The Hall–Kier alpha value is -1.42. The number of hydrogen-bond acceptors (Lipinski definition) is 3. The van der Waals surface area contributed by atoms with E-state index in [0.29, 0.717) is 18.4 Å². The summed E-state index contributed by atoms with van der Waals surface area (Å²) in [5.74, 6) is 1.88. The van der Waals surface area contributed by atoms with Crippen molar-refractivity contribution in [3.8, 4) is 0 Å². The van der Waals surface area contributed by atoms with Gasteiger partial charge in [-0.1, -0.05) is 13.8 Å². The number of H-pyrrole nitrogens is 1. The fourth-order valence-electron chi connectivity index (χ4n) is 1.95. The topological polar surface area (TPSA) is 67.6 Å². The van der Waals surface area contributed by atoms with Gasteiger partial charge in [0, 0.05) is 18.7 Å². The molecular weight excluding hydrogens is 200 g/mol. The Bertz CT molecular complexity index is 428. The van der Waals surface area contributed by atoms with Crippen LogP contribution in [0.5, 0.6) is 0 Å². The molecule has 4 nitrogen and oxygen atoms in total. The summed E-state index contributed by atoms with van der Waals surface area (Å²) in [4.78, 5) is 12.0. The van der Waals surface area contributed by atoms with Crippen molar-refractivity contribution in [2.24, 2.45) is 11.7 Å². The Morgan fingerprint density at radius 3 is 2.88 bits per heavy atom. The van der Waals surface area contributed by atoms with E-state index in [-0.39, 0.29) is 0 Å². The molecule has 0 aliphatic heterocycles. The molecule has 2 aromatic rings. The van der Waals surface area contributed by atoms with Gasteiger partial charge in [0.2, 0.25) is 0 Å². The van der Waals surface area contributed by atoms with Gasteiger partial charge < -0.3 is 10.7 Å². The van der Waals surface area contributed by atoms with Gasteiger partial charge in [-0.15, -0.1) is 0 Å². The maximum absolute atomic E-state index is 5.79. The van der Waals surface area contributed by atoms with Gasteiger partial charge in [-0.05, 0) is 24.5 Å². The molecule has 86 valence electrons. The predicted octanol–water partition coefficient (Wildman–Crippen LogP) is 2.05. The molecule has 0 radical (unpaired) electrons. The Labute approximate surface area is 95.3 Å². The van der Waals surface area contributed by atoms with Crippen LogP contribution in [0.15, 0.2) is 18.3 Å². The van der Waals surface area contributed by atoms with E-state index >= 15 is 0 Å². The molecule has 0 aliphatic carbocycles. The minimum Gasteiger partial charge on any atom is -0.340 e. The van der Waals surface area contributed by atoms with Gasteiger partial charge in [-0.2, -0.15) is 0 Å². The molecule has 1 unspecified atom stereocenters. The number of aromatic nitrogens is 3. The van der Waals surface area contributed by atoms with E-state index < -0.39 is 0 Å². The number of nitrogens with two attached hydrogens (primary N) is 1. The Morgan fingerprint density at radius 1 is 1.44 bits per heavy atom. The molecule has 2 aromatic heterocycles. The number of imidazole rings is 1. The summed E-state index contributed by atoms with van der Waals surface area (Å²) in [6, 6.07) is 3.89. The third-order valence-corrected chi connectivity index (χ3v) is 2.70. The highest BCUT2D eigenvalue weighted by Gasteiger charge is 2.15. The van der Waals surface area contributed by atoms with Crippen molar-refractivity contribution in [3.05, 3.63) is 24.2 Å². The van der Waals surface area contributed by atoms with Crippen molar-refractivity contribution in [1.29, 1.82) is 0 Å². The molecule has 0 saturated heterocycles. The van der Waals surface area contributed by atoms with Gasteiger partial charge in [-0.25, -0.2) is 9.97 Å². The Balaban J connectivity index is 2.30. The number of aromatic amines is 1. The molecule has 2 heterocycles. The second-order valence-corrected chi connectivity index (χ2v) is 4.56. The zero-order valence-electron chi connectivity index (χ0n) is 9.77. The van der Waals surface area contributed by atoms with E-state index in [1.54, 1.807) is 6.20 Å². The molecule has 0 fully saturated rings. The molecule has 1 atom stereocenters. The smallest absolute Gasteiger partial charge is 0.177 e. The van der Waals surface area contributed by atoms with Crippen LogP contribution in [0.3, 0.4) is 0 Å². The highest BCUT2D eigenvalue weighted by molar-refractivity contribution is 5.70. The maximum atomic E-state index is 5.79. The summed E-state index contributed by atoms with van der Waals surface area (Å²) < 4.78 is 0. The van der Waals surface area contributed by atoms with Crippen LogP contribution in [0.4, 0.5) is 0 Å². The molecule has 0 aliphatic rings. The van der Waals surface area contributed by atoms with Crippen molar-refractivity contribution < 1.29 is 0 Å². The van der Waals surface area contributed by atoms with Crippen molar-refractivity contribution in [2.75, 3.05) is 6.54 Å². The van der Waals surface area contributed by atoms with Gasteiger partial charge in [0.1, 0.15) is 5.82 Å². The summed E-state index contributed by atoms with van der Waals surface area (Å²) in [7, 11) is 0. The largest absolute Gasteiger partial charge is 0.340 e. The van der Waals surface area contributed by atoms with Gasteiger partial charge >= 0.3 is 0 Å². The first-order chi connectivity index (χ1) is 7.70. The number of rotatable bonds is 4. The normalized spacial score (nSPS) is 13.5. The quantitative estimate of drug-likeness (QED) is 0.825. The lowest BCUT2D eigenvalue weighted by molar-refractivity contribution is 0.491. The number of hydrogen-bond donors (Lipinski definition) is 2. The fraction of sp³-hybridized carbons (Fsp3) is 0.500. The van der Waals surface area contributed by atoms with Gasteiger partial charge in [-0.3, -0.25) is 0 Å². The SMILES string of the molecule is CC(C)CC(CN)c1nc2ncccc2[nH]1. The standard InChI is InChI=1S/C12H18N4/c1-8(2)6-9(7-13)11-15-10-4-3-5-14-12(10)16-11/h3-5,8-9H,6-7,13H2,1-2H3,(H,14,15,16). The molecule has 4 heteroatoms. The lowest BCUT2D eigenvalue weighted by atomic mass is 9.97. The Kier molecular flexibility index (Phi) is 3.19. The van der Waals surface area contributed by atoms with Gasteiger partial charge in [0.15, 0.2) is 5.65 Å². The van der Waals surface area contributed by atoms with E-state index in [1.165, 1.54) is 0 Å². The highest BCUT2D eigenvalue weighted by atomic mass is 15.0. The zero-order valence-corrected chi connectivity index (χ0v) is 9.77. The highest BCUT2D eigenvalue weighted by Crippen LogP contribution is 2.22. The molecule has 0 saturated carbocycles. The molecule has 3 N–H and O–H groups in total. The number of nitrogens with one attached hydrogen (secondary N) is 1. The second kappa shape index (κ2) is 4.61. The molecule has 0 aromatic carbocycles. The molecule has 2 rings (SSSR count). The molecule has 0 bridgehead atoms. The minimum atomic E-state index is 0.300. The van der Waals surface area contributed by atoms with E-state index in [9.17, 15) is 0 Å². The van der Waals surface area contributed by atoms with E-state index in [4.69, 9.17) is 5.73 Å². The Morgan fingerprint density at radius 2 is 2.25 bits per heavy atom. The first-order valence-electron chi connectivity index (χ1n) is 5.71. The number of pyridine rings is 1. The van der Waals surface area contributed by atoms with Gasteiger partial charge in [0.25, 0.3) is 0 Å². The van der Waals surface area contributed by atoms with E-state index in [2.05, 4.69) is 28.8 Å². The van der Waals surface area contributed by atoms with Crippen molar-refractivity contribution in [1.82, 2.24) is 15.0 Å². The first kappa shape index (κ1) is 11.1. The van der Waals surface area contributed by atoms with Crippen LogP contribution in [-0.4, -0.2) is 21.5 Å². The fourth-order valence-corrected chi connectivity index (χ4v) is 1.95. The zero-order chi connectivity index (χ0) is 11.5. The van der Waals surface area contributed by atoms with Crippen LogP contribution in [-0.2, 0) is 0 Å². The van der Waals surface area contributed by atoms with Crippen LogP contribution in [0, 0.1) is 5.92 Å². The maximum Gasteiger partial charge on any atom is 0.177 e. The monoisotopic (exact) mass is 218 g/mol. The lowest BCUT2D eigenvalue weighted by Crippen LogP contribution is -2.15. The lowest BCUT2D eigenvalue weighted by Gasteiger charge is -2.13. The van der Waals surface area contributed by atoms with Crippen molar-refractivity contribution in [2.45, 2.75) is 26.2 Å². The third kappa shape index (κ3) is 2.22. The summed E-state index contributed by atoms with van der Waals surface area (Å²) in [6.07, 6.45) is 2.81. The minimum absolute atomic E-state index is 0.300.